The number of aromatic nitrogens is 3. The maximum atomic E-state index is 13.4. The SMILES string of the molecule is Cc1nc(C(=O)Nc2cnn(C)c2)c(-c2cccc(F)c2)s1. The van der Waals surface area contributed by atoms with Crippen molar-refractivity contribution in [3.05, 3.63) is 53.2 Å². The van der Waals surface area contributed by atoms with Crippen LogP contribution in [0.4, 0.5) is 10.1 Å². The normalized spacial score (nSPS) is 10.7. The van der Waals surface area contributed by atoms with Gasteiger partial charge >= 0.3 is 0 Å². The lowest BCUT2D eigenvalue weighted by Gasteiger charge is -2.03. The molecular formula is C15H13FN4OS. The maximum absolute atomic E-state index is 13.4. The van der Waals surface area contributed by atoms with Crippen LogP contribution in [0.1, 0.15) is 15.5 Å². The van der Waals surface area contributed by atoms with Crippen LogP contribution >= 0.6 is 11.3 Å². The molecule has 5 nitrogen and oxygen atoms in total. The third kappa shape index (κ3) is 2.89. The van der Waals surface area contributed by atoms with Gasteiger partial charge in [-0.05, 0) is 24.6 Å². The Morgan fingerprint density at radius 1 is 1.41 bits per heavy atom. The van der Waals surface area contributed by atoms with E-state index in [1.54, 1.807) is 36.3 Å². The number of carbonyl (C=O) groups is 1. The van der Waals surface area contributed by atoms with Crippen LogP contribution < -0.4 is 5.32 Å². The number of amides is 1. The molecule has 0 saturated heterocycles. The summed E-state index contributed by atoms with van der Waals surface area (Å²) in [5.74, 6) is -0.682. The average molecular weight is 316 g/mol. The lowest BCUT2D eigenvalue weighted by atomic mass is 10.1. The molecule has 3 aromatic rings. The van der Waals surface area contributed by atoms with Gasteiger partial charge < -0.3 is 5.32 Å². The predicted molar refractivity (Wildman–Crippen MR) is 83.4 cm³/mol. The Kier molecular flexibility index (Phi) is 3.72. The van der Waals surface area contributed by atoms with Crippen LogP contribution in [0.3, 0.4) is 0 Å². The van der Waals surface area contributed by atoms with E-state index in [0.717, 1.165) is 5.01 Å². The molecule has 1 N–H and O–H groups in total. The molecule has 22 heavy (non-hydrogen) atoms. The summed E-state index contributed by atoms with van der Waals surface area (Å²) in [5.41, 5.74) is 1.52. The Balaban J connectivity index is 1.95. The highest BCUT2D eigenvalue weighted by Gasteiger charge is 2.19. The summed E-state index contributed by atoms with van der Waals surface area (Å²) in [6, 6.07) is 6.14. The summed E-state index contributed by atoms with van der Waals surface area (Å²) in [5, 5.41) is 7.49. The van der Waals surface area contributed by atoms with E-state index in [1.165, 1.54) is 23.5 Å². The lowest BCUT2D eigenvalue weighted by molar-refractivity contribution is 0.102. The van der Waals surface area contributed by atoms with Crippen LogP contribution in [-0.4, -0.2) is 20.7 Å². The van der Waals surface area contributed by atoms with Gasteiger partial charge in [-0.15, -0.1) is 11.3 Å². The molecule has 0 radical (unpaired) electrons. The second-order valence-corrected chi connectivity index (χ2v) is 5.98. The number of rotatable bonds is 3. The molecular weight excluding hydrogens is 303 g/mol. The minimum absolute atomic E-state index is 0.289. The van der Waals surface area contributed by atoms with E-state index in [1.807, 2.05) is 6.92 Å². The van der Waals surface area contributed by atoms with E-state index in [0.29, 0.717) is 16.1 Å². The minimum atomic E-state index is -0.345. The fourth-order valence-electron chi connectivity index (χ4n) is 2.08. The molecule has 1 aromatic carbocycles. The number of hydrogen-bond donors (Lipinski definition) is 1. The molecule has 0 bridgehead atoms. The molecule has 7 heteroatoms. The first kappa shape index (κ1) is 14.4. The van der Waals surface area contributed by atoms with E-state index in [-0.39, 0.29) is 17.4 Å². The van der Waals surface area contributed by atoms with Gasteiger partial charge in [0.05, 0.1) is 21.8 Å². The van der Waals surface area contributed by atoms with Crippen molar-refractivity contribution in [1.82, 2.24) is 14.8 Å². The number of anilines is 1. The monoisotopic (exact) mass is 316 g/mol. The summed E-state index contributed by atoms with van der Waals surface area (Å²) in [6.45, 7) is 1.81. The smallest absolute Gasteiger partial charge is 0.275 e. The third-order valence-corrected chi connectivity index (χ3v) is 4.02. The van der Waals surface area contributed by atoms with Gasteiger partial charge in [-0.2, -0.15) is 5.10 Å². The standard InChI is InChI=1S/C15H13FN4OS/c1-9-18-13(15(21)19-12-7-17-20(2)8-12)14(22-9)10-4-3-5-11(16)6-10/h3-8H,1-2H3,(H,19,21). The number of aryl methyl sites for hydroxylation is 2. The average Bonchev–Trinajstić information content (AvgIpc) is 3.05. The second-order valence-electron chi connectivity index (χ2n) is 4.78. The fraction of sp³-hybridized carbons (Fsp3) is 0.133. The molecule has 2 aromatic heterocycles. The van der Waals surface area contributed by atoms with Crippen LogP contribution in [0.5, 0.6) is 0 Å². The summed E-state index contributed by atoms with van der Waals surface area (Å²) < 4.78 is 15.0. The van der Waals surface area contributed by atoms with Crippen LogP contribution in [0.25, 0.3) is 10.4 Å². The van der Waals surface area contributed by atoms with Crippen molar-refractivity contribution in [2.45, 2.75) is 6.92 Å². The van der Waals surface area contributed by atoms with Gasteiger partial charge in [-0.1, -0.05) is 12.1 Å². The first-order valence-corrected chi connectivity index (χ1v) is 7.38. The van der Waals surface area contributed by atoms with Gasteiger partial charge in [0.25, 0.3) is 5.91 Å². The Hall–Kier alpha value is -2.54. The van der Waals surface area contributed by atoms with Gasteiger partial charge in [0.2, 0.25) is 0 Å². The van der Waals surface area contributed by atoms with Crippen molar-refractivity contribution < 1.29 is 9.18 Å². The quantitative estimate of drug-likeness (QED) is 0.807. The minimum Gasteiger partial charge on any atom is -0.318 e. The molecule has 0 saturated carbocycles. The van der Waals surface area contributed by atoms with Crippen LogP contribution in [0, 0.1) is 12.7 Å². The number of nitrogens with zero attached hydrogens (tertiary/aromatic N) is 3. The topological polar surface area (TPSA) is 59.8 Å². The highest BCUT2D eigenvalue weighted by Crippen LogP contribution is 2.31. The van der Waals surface area contributed by atoms with Crippen molar-refractivity contribution in [2.75, 3.05) is 5.32 Å². The van der Waals surface area contributed by atoms with Crippen molar-refractivity contribution in [3.63, 3.8) is 0 Å². The molecule has 1 amide bonds. The van der Waals surface area contributed by atoms with E-state index in [4.69, 9.17) is 0 Å². The highest BCUT2D eigenvalue weighted by atomic mass is 32.1. The molecule has 0 unspecified atom stereocenters. The van der Waals surface area contributed by atoms with E-state index in [2.05, 4.69) is 15.4 Å². The highest BCUT2D eigenvalue weighted by molar-refractivity contribution is 7.15. The summed E-state index contributed by atoms with van der Waals surface area (Å²) in [7, 11) is 1.76. The van der Waals surface area contributed by atoms with E-state index < -0.39 is 0 Å². The largest absolute Gasteiger partial charge is 0.318 e. The van der Waals surface area contributed by atoms with Gasteiger partial charge in [-0.3, -0.25) is 9.48 Å². The first-order chi connectivity index (χ1) is 10.5. The predicted octanol–water partition coefficient (Wildman–Crippen LogP) is 3.24. The zero-order valence-corrected chi connectivity index (χ0v) is 12.8. The summed E-state index contributed by atoms with van der Waals surface area (Å²) in [6.07, 6.45) is 3.25. The van der Waals surface area contributed by atoms with Crippen molar-refractivity contribution in [3.8, 4) is 10.4 Å². The van der Waals surface area contributed by atoms with Crippen molar-refractivity contribution >= 4 is 22.9 Å². The number of benzene rings is 1. The number of hydrogen-bond acceptors (Lipinski definition) is 4. The van der Waals surface area contributed by atoms with Gasteiger partial charge in [0.15, 0.2) is 0 Å². The molecule has 0 atom stereocenters. The Bertz CT molecular complexity index is 840. The van der Waals surface area contributed by atoms with Gasteiger partial charge in [-0.25, -0.2) is 9.37 Å². The molecule has 0 fully saturated rings. The van der Waals surface area contributed by atoms with Gasteiger partial charge in [0.1, 0.15) is 11.5 Å². The molecule has 0 aliphatic heterocycles. The molecule has 3 rings (SSSR count). The molecule has 0 aliphatic rings. The zero-order chi connectivity index (χ0) is 15.7. The van der Waals surface area contributed by atoms with Crippen LogP contribution in [0.15, 0.2) is 36.7 Å². The molecule has 112 valence electrons. The third-order valence-electron chi connectivity index (χ3n) is 3.00. The Morgan fingerprint density at radius 3 is 2.91 bits per heavy atom. The zero-order valence-electron chi connectivity index (χ0n) is 12.0. The molecule has 0 spiro atoms. The van der Waals surface area contributed by atoms with Crippen LogP contribution in [0.2, 0.25) is 0 Å². The van der Waals surface area contributed by atoms with E-state index in [9.17, 15) is 9.18 Å². The molecule has 2 heterocycles. The molecule has 0 aliphatic carbocycles. The Morgan fingerprint density at radius 2 is 2.23 bits per heavy atom. The van der Waals surface area contributed by atoms with E-state index >= 15 is 0 Å². The number of thiazole rings is 1. The van der Waals surface area contributed by atoms with Crippen molar-refractivity contribution in [2.24, 2.45) is 7.05 Å². The van der Waals surface area contributed by atoms with Crippen molar-refractivity contribution in [1.29, 1.82) is 0 Å². The maximum Gasteiger partial charge on any atom is 0.275 e. The first-order valence-electron chi connectivity index (χ1n) is 6.56. The number of halogens is 1. The fourth-order valence-corrected chi connectivity index (χ4v) is 2.99. The Labute approximate surface area is 130 Å². The van der Waals surface area contributed by atoms with Gasteiger partial charge in [0, 0.05) is 13.2 Å². The van der Waals surface area contributed by atoms with Crippen LogP contribution in [-0.2, 0) is 7.05 Å². The summed E-state index contributed by atoms with van der Waals surface area (Å²) in [4.78, 5) is 17.3. The summed E-state index contributed by atoms with van der Waals surface area (Å²) >= 11 is 1.36. The second kappa shape index (κ2) is 5.69. The number of carbonyl (C=O) groups excluding carboxylic acids is 1. The number of nitrogens with one attached hydrogen (secondary N) is 1. The lowest BCUT2D eigenvalue weighted by Crippen LogP contribution is -2.13.